The van der Waals surface area contributed by atoms with Gasteiger partial charge in [-0.1, -0.05) is 31.9 Å². The highest BCUT2D eigenvalue weighted by Gasteiger charge is 2.16. The first kappa shape index (κ1) is 11.3. The smallest absolute Gasteiger partial charge is 0.120 e. The van der Waals surface area contributed by atoms with Crippen LogP contribution in [0.3, 0.4) is 0 Å². The minimum Gasteiger partial charge on any atom is -0.508 e. The Morgan fingerprint density at radius 1 is 1.50 bits per heavy atom. The van der Waals surface area contributed by atoms with Gasteiger partial charge < -0.3 is 10.8 Å². The van der Waals surface area contributed by atoms with Gasteiger partial charge in [0.15, 0.2) is 0 Å². The summed E-state index contributed by atoms with van der Waals surface area (Å²) in [5, 5.41) is 10.2. The second-order valence-corrected chi connectivity index (χ2v) is 4.05. The van der Waals surface area contributed by atoms with Crippen LogP contribution in [0.25, 0.3) is 0 Å². The Balaban J connectivity index is 2.99. The monoisotopic (exact) mass is 213 g/mol. The number of phenols is 1. The normalized spacial score (nSPS) is 15.1. The average Bonchev–Trinajstić information content (AvgIpc) is 2.19. The summed E-state index contributed by atoms with van der Waals surface area (Å²) in [7, 11) is 0. The van der Waals surface area contributed by atoms with Crippen LogP contribution in [-0.2, 0) is 0 Å². The maximum Gasteiger partial charge on any atom is 0.120 e. The third-order valence-corrected chi connectivity index (χ3v) is 2.84. The number of benzene rings is 1. The number of aromatic hydroxyl groups is 1. The number of nitrogens with two attached hydrogens (primary N) is 1. The van der Waals surface area contributed by atoms with Gasteiger partial charge in [-0.2, -0.15) is 0 Å². The van der Waals surface area contributed by atoms with Crippen LogP contribution in [0.5, 0.6) is 5.75 Å². The summed E-state index contributed by atoms with van der Waals surface area (Å²) in [5.41, 5.74) is 6.73. The molecule has 1 rings (SSSR count). The van der Waals surface area contributed by atoms with E-state index in [9.17, 15) is 5.11 Å². The van der Waals surface area contributed by atoms with E-state index in [4.69, 9.17) is 17.3 Å². The fourth-order valence-corrected chi connectivity index (χ4v) is 1.53. The quantitative estimate of drug-likeness (QED) is 0.811. The zero-order chi connectivity index (χ0) is 10.7. The lowest BCUT2D eigenvalue weighted by Crippen LogP contribution is -2.18. The Hall–Kier alpha value is -0.730. The molecule has 0 heterocycles. The van der Waals surface area contributed by atoms with Gasteiger partial charge in [0.05, 0.1) is 0 Å². The molecule has 0 fully saturated rings. The third-order valence-electron chi connectivity index (χ3n) is 2.61. The van der Waals surface area contributed by atoms with Crippen molar-refractivity contribution >= 4 is 11.6 Å². The molecule has 0 spiro atoms. The molecule has 0 bridgehead atoms. The van der Waals surface area contributed by atoms with Crippen LogP contribution >= 0.6 is 11.6 Å². The summed E-state index contributed by atoms with van der Waals surface area (Å²) >= 11 is 5.84. The summed E-state index contributed by atoms with van der Waals surface area (Å²) in [6, 6.07) is 4.82. The van der Waals surface area contributed by atoms with Gasteiger partial charge in [-0.25, -0.2) is 0 Å². The lowest BCUT2D eigenvalue weighted by Gasteiger charge is -2.19. The van der Waals surface area contributed by atoms with Gasteiger partial charge in [-0.15, -0.1) is 0 Å². The molecule has 0 aliphatic carbocycles. The van der Waals surface area contributed by atoms with Gasteiger partial charge in [0, 0.05) is 16.6 Å². The molecule has 0 saturated carbocycles. The van der Waals surface area contributed by atoms with Crippen molar-refractivity contribution in [3.05, 3.63) is 28.8 Å². The Morgan fingerprint density at radius 2 is 2.14 bits per heavy atom. The Kier molecular flexibility index (Phi) is 3.78. The summed E-state index contributed by atoms with van der Waals surface area (Å²) in [5.74, 6) is 0.557. The van der Waals surface area contributed by atoms with Crippen LogP contribution in [0.4, 0.5) is 0 Å². The van der Waals surface area contributed by atoms with Gasteiger partial charge in [0.2, 0.25) is 0 Å². The van der Waals surface area contributed by atoms with Crippen LogP contribution in [0.15, 0.2) is 18.2 Å². The second kappa shape index (κ2) is 4.67. The first-order chi connectivity index (χ1) is 6.56. The molecule has 14 heavy (non-hydrogen) atoms. The Morgan fingerprint density at radius 3 is 2.71 bits per heavy atom. The fraction of sp³-hybridized carbons (Fsp3) is 0.455. The molecule has 0 saturated heterocycles. The van der Waals surface area contributed by atoms with Gasteiger partial charge >= 0.3 is 0 Å². The SMILES string of the molecule is CCC(C)[C@@H](N)c1cc(Cl)ccc1O. The lowest BCUT2D eigenvalue weighted by molar-refractivity contribution is 0.419. The molecular formula is C11H16ClNO. The fourth-order valence-electron chi connectivity index (χ4n) is 1.35. The van der Waals surface area contributed by atoms with Crippen LogP contribution in [0.2, 0.25) is 5.02 Å². The number of hydrogen-bond acceptors (Lipinski definition) is 2. The first-order valence-corrected chi connectivity index (χ1v) is 5.18. The van der Waals surface area contributed by atoms with Crippen molar-refractivity contribution in [1.29, 1.82) is 0 Å². The summed E-state index contributed by atoms with van der Waals surface area (Å²) in [6.45, 7) is 4.14. The van der Waals surface area contributed by atoms with Crippen molar-refractivity contribution in [3.63, 3.8) is 0 Å². The molecule has 0 aromatic heterocycles. The molecule has 3 N–H and O–H groups in total. The zero-order valence-electron chi connectivity index (χ0n) is 8.50. The number of rotatable bonds is 3. The van der Waals surface area contributed by atoms with E-state index in [0.717, 1.165) is 12.0 Å². The minimum absolute atomic E-state index is 0.154. The van der Waals surface area contributed by atoms with Crippen LogP contribution < -0.4 is 5.73 Å². The number of phenolic OH excluding ortho intramolecular Hbond substituents is 1. The van der Waals surface area contributed by atoms with Crippen LogP contribution in [0, 0.1) is 5.92 Å². The van der Waals surface area contributed by atoms with Crippen molar-refractivity contribution < 1.29 is 5.11 Å². The molecule has 1 aromatic rings. The van der Waals surface area contributed by atoms with Crippen molar-refractivity contribution in [3.8, 4) is 5.75 Å². The molecule has 1 unspecified atom stereocenters. The van der Waals surface area contributed by atoms with E-state index >= 15 is 0 Å². The van der Waals surface area contributed by atoms with E-state index in [1.807, 2.05) is 0 Å². The molecule has 2 nitrogen and oxygen atoms in total. The average molecular weight is 214 g/mol. The molecule has 78 valence electrons. The van der Waals surface area contributed by atoms with E-state index in [2.05, 4.69) is 13.8 Å². The minimum atomic E-state index is -0.154. The Labute approximate surface area is 89.7 Å². The highest BCUT2D eigenvalue weighted by Crippen LogP contribution is 2.30. The lowest BCUT2D eigenvalue weighted by atomic mass is 9.93. The molecular weight excluding hydrogens is 198 g/mol. The topological polar surface area (TPSA) is 46.2 Å². The van der Waals surface area contributed by atoms with Crippen molar-refractivity contribution in [2.45, 2.75) is 26.3 Å². The largest absolute Gasteiger partial charge is 0.508 e. The highest BCUT2D eigenvalue weighted by atomic mass is 35.5. The molecule has 2 atom stereocenters. The summed E-state index contributed by atoms with van der Waals surface area (Å²) in [6.07, 6.45) is 0.979. The van der Waals surface area contributed by atoms with E-state index in [1.165, 1.54) is 0 Å². The van der Waals surface area contributed by atoms with Gasteiger partial charge in [-0.05, 0) is 24.1 Å². The zero-order valence-corrected chi connectivity index (χ0v) is 9.25. The summed E-state index contributed by atoms with van der Waals surface area (Å²) < 4.78 is 0. The maximum atomic E-state index is 9.61. The molecule has 0 radical (unpaired) electrons. The van der Waals surface area contributed by atoms with Crippen LogP contribution in [-0.4, -0.2) is 5.11 Å². The molecule has 0 amide bonds. The Bertz CT molecular complexity index is 314. The summed E-state index contributed by atoms with van der Waals surface area (Å²) in [4.78, 5) is 0. The van der Waals surface area contributed by atoms with Gasteiger partial charge in [0.25, 0.3) is 0 Å². The second-order valence-electron chi connectivity index (χ2n) is 3.61. The molecule has 3 heteroatoms. The third kappa shape index (κ3) is 2.40. The first-order valence-electron chi connectivity index (χ1n) is 4.80. The van der Waals surface area contributed by atoms with Crippen LogP contribution in [0.1, 0.15) is 31.9 Å². The van der Waals surface area contributed by atoms with Crippen molar-refractivity contribution in [2.75, 3.05) is 0 Å². The molecule has 1 aromatic carbocycles. The number of hydrogen-bond donors (Lipinski definition) is 2. The standard InChI is InChI=1S/C11H16ClNO/c1-3-7(2)11(13)9-6-8(12)4-5-10(9)14/h4-7,11,14H,3,13H2,1-2H3/t7?,11-/m1/s1. The number of halogens is 1. The molecule has 0 aliphatic rings. The van der Waals surface area contributed by atoms with Crippen molar-refractivity contribution in [2.24, 2.45) is 11.7 Å². The highest BCUT2D eigenvalue weighted by molar-refractivity contribution is 6.30. The van der Waals surface area contributed by atoms with Gasteiger partial charge in [-0.3, -0.25) is 0 Å². The predicted octanol–water partition coefficient (Wildman–Crippen LogP) is 3.09. The van der Waals surface area contributed by atoms with E-state index in [1.54, 1.807) is 18.2 Å². The predicted molar refractivity (Wildman–Crippen MR) is 59.5 cm³/mol. The molecule has 0 aliphatic heterocycles. The van der Waals surface area contributed by atoms with E-state index in [-0.39, 0.29) is 11.8 Å². The van der Waals surface area contributed by atoms with Gasteiger partial charge in [0.1, 0.15) is 5.75 Å². The van der Waals surface area contributed by atoms with E-state index in [0.29, 0.717) is 10.9 Å². The van der Waals surface area contributed by atoms with E-state index < -0.39 is 0 Å². The van der Waals surface area contributed by atoms with Crippen molar-refractivity contribution in [1.82, 2.24) is 0 Å². The maximum absolute atomic E-state index is 9.61.